The van der Waals surface area contributed by atoms with Gasteiger partial charge in [-0.15, -0.1) is 11.3 Å². The highest BCUT2D eigenvalue weighted by molar-refractivity contribution is 9.11. The molecule has 0 aliphatic carbocycles. The van der Waals surface area contributed by atoms with Crippen LogP contribution in [-0.4, -0.2) is 11.7 Å². The molecule has 0 atom stereocenters. The number of amides is 1. The normalized spacial score (nSPS) is 10.3. The van der Waals surface area contributed by atoms with Crippen LogP contribution in [0.3, 0.4) is 0 Å². The largest absolute Gasteiger partial charge is 0.321 e. The third-order valence-corrected chi connectivity index (χ3v) is 4.74. The van der Waals surface area contributed by atoms with E-state index in [1.165, 1.54) is 18.3 Å². The van der Waals surface area contributed by atoms with Gasteiger partial charge in [0, 0.05) is 11.3 Å². The Morgan fingerprint density at radius 3 is 2.58 bits per heavy atom. The van der Waals surface area contributed by atoms with Crippen molar-refractivity contribution in [1.82, 2.24) is 0 Å². The van der Waals surface area contributed by atoms with Crippen molar-refractivity contribution in [2.24, 2.45) is 0 Å². The van der Waals surface area contributed by atoms with E-state index in [-0.39, 0.29) is 11.7 Å². The van der Waals surface area contributed by atoms with Gasteiger partial charge in [-0.2, -0.15) is 0 Å². The average molecular weight is 338 g/mol. The maximum absolute atomic E-state index is 12.1. The van der Waals surface area contributed by atoms with E-state index in [1.54, 1.807) is 24.3 Å². The van der Waals surface area contributed by atoms with Crippen LogP contribution in [0.4, 0.5) is 5.69 Å². The topological polar surface area (TPSA) is 46.2 Å². The summed E-state index contributed by atoms with van der Waals surface area (Å²) in [7, 11) is 0. The zero-order chi connectivity index (χ0) is 14.0. The van der Waals surface area contributed by atoms with Crippen LogP contribution in [0.25, 0.3) is 0 Å². The smallest absolute Gasteiger partial charge is 0.265 e. The molecular weight excluding hydrogens is 326 g/mol. The highest BCUT2D eigenvalue weighted by Gasteiger charge is 2.11. The van der Waals surface area contributed by atoms with Gasteiger partial charge >= 0.3 is 0 Å². The fraction of sp³-hybridized carbons (Fsp3) is 0.143. The maximum atomic E-state index is 12.1. The molecule has 1 amide bonds. The second-order valence-electron chi connectivity index (χ2n) is 4.16. The minimum atomic E-state index is -0.167. The summed E-state index contributed by atoms with van der Waals surface area (Å²) in [4.78, 5) is 24.0. The van der Waals surface area contributed by atoms with Gasteiger partial charge in [0.25, 0.3) is 5.91 Å². The molecule has 1 N–H and O–H groups in total. The summed E-state index contributed by atoms with van der Waals surface area (Å²) in [6, 6.07) is 8.75. The van der Waals surface area contributed by atoms with Gasteiger partial charge in [0.15, 0.2) is 5.78 Å². The highest BCUT2D eigenvalue weighted by atomic mass is 79.9. The van der Waals surface area contributed by atoms with E-state index in [2.05, 4.69) is 21.2 Å². The van der Waals surface area contributed by atoms with Crippen LogP contribution in [0.1, 0.15) is 32.5 Å². The zero-order valence-electron chi connectivity index (χ0n) is 10.5. The van der Waals surface area contributed by atoms with Gasteiger partial charge in [0.2, 0.25) is 0 Å². The Labute approximate surface area is 123 Å². The van der Waals surface area contributed by atoms with Crippen molar-refractivity contribution in [3.05, 3.63) is 50.1 Å². The molecule has 0 bridgehead atoms. The number of anilines is 1. The molecule has 1 aromatic carbocycles. The van der Waals surface area contributed by atoms with Gasteiger partial charge in [-0.1, -0.05) is 12.1 Å². The van der Waals surface area contributed by atoms with Crippen molar-refractivity contribution in [3.63, 3.8) is 0 Å². The summed E-state index contributed by atoms with van der Waals surface area (Å²) in [6.45, 7) is 3.44. The molecule has 19 heavy (non-hydrogen) atoms. The summed E-state index contributed by atoms with van der Waals surface area (Å²) in [5.74, 6) is -0.190. The van der Waals surface area contributed by atoms with E-state index in [0.29, 0.717) is 16.1 Å². The molecule has 2 aromatic rings. The van der Waals surface area contributed by atoms with Crippen LogP contribution < -0.4 is 5.32 Å². The molecule has 1 heterocycles. The lowest BCUT2D eigenvalue weighted by atomic mass is 10.1. The number of aryl methyl sites for hydroxylation is 1. The second-order valence-corrected chi connectivity index (χ2v) is 6.53. The molecule has 5 heteroatoms. The number of hydrogen-bond acceptors (Lipinski definition) is 3. The number of Topliss-reactive ketones (excluding diaryl/α,β-unsaturated/α-hetero) is 1. The minimum Gasteiger partial charge on any atom is -0.321 e. The first kappa shape index (κ1) is 14.0. The fourth-order valence-electron chi connectivity index (χ4n) is 1.58. The van der Waals surface area contributed by atoms with Crippen molar-refractivity contribution >= 4 is 44.6 Å². The molecule has 0 saturated heterocycles. The van der Waals surface area contributed by atoms with Gasteiger partial charge in [0.1, 0.15) is 0 Å². The number of ketones is 1. The SMILES string of the molecule is CC(=O)c1cccc(NC(=O)c2cc(C)c(Br)s2)c1. The van der Waals surface area contributed by atoms with Crippen molar-refractivity contribution in [3.8, 4) is 0 Å². The van der Waals surface area contributed by atoms with Gasteiger partial charge in [-0.25, -0.2) is 0 Å². The standard InChI is InChI=1S/C14H12BrNO2S/c1-8-6-12(19-13(8)15)14(18)16-11-5-3-4-10(7-11)9(2)17/h3-7H,1-2H3,(H,16,18). The Balaban J connectivity index is 2.19. The highest BCUT2D eigenvalue weighted by Crippen LogP contribution is 2.27. The molecule has 0 aliphatic rings. The molecule has 0 aliphatic heterocycles. The Kier molecular flexibility index (Phi) is 4.17. The Hall–Kier alpha value is -1.46. The van der Waals surface area contributed by atoms with E-state index in [1.807, 2.05) is 13.0 Å². The van der Waals surface area contributed by atoms with Crippen LogP contribution >= 0.6 is 27.3 Å². The Bertz CT molecular complexity index is 629. The average Bonchev–Trinajstić information content (AvgIpc) is 2.70. The van der Waals surface area contributed by atoms with Crippen molar-refractivity contribution < 1.29 is 9.59 Å². The first-order valence-corrected chi connectivity index (χ1v) is 7.26. The molecule has 1 aromatic heterocycles. The van der Waals surface area contributed by atoms with E-state index >= 15 is 0 Å². The van der Waals surface area contributed by atoms with Gasteiger partial charge in [-0.3, -0.25) is 9.59 Å². The van der Waals surface area contributed by atoms with Crippen molar-refractivity contribution in [2.75, 3.05) is 5.32 Å². The van der Waals surface area contributed by atoms with Gasteiger partial charge in [0.05, 0.1) is 8.66 Å². The minimum absolute atomic E-state index is 0.0224. The number of benzene rings is 1. The van der Waals surface area contributed by atoms with Crippen LogP contribution in [-0.2, 0) is 0 Å². The van der Waals surface area contributed by atoms with Crippen LogP contribution in [0.15, 0.2) is 34.1 Å². The molecule has 0 unspecified atom stereocenters. The lowest BCUT2D eigenvalue weighted by Gasteiger charge is -2.04. The van der Waals surface area contributed by atoms with E-state index in [9.17, 15) is 9.59 Å². The molecule has 0 fully saturated rings. The van der Waals surface area contributed by atoms with Crippen LogP contribution in [0, 0.1) is 6.92 Å². The Morgan fingerprint density at radius 2 is 2.00 bits per heavy atom. The number of hydrogen-bond donors (Lipinski definition) is 1. The van der Waals surface area contributed by atoms with E-state index in [0.717, 1.165) is 9.35 Å². The van der Waals surface area contributed by atoms with Crippen LogP contribution in [0.2, 0.25) is 0 Å². The first-order chi connectivity index (χ1) is 8.97. The number of rotatable bonds is 3. The monoisotopic (exact) mass is 337 g/mol. The van der Waals surface area contributed by atoms with E-state index in [4.69, 9.17) is 0 Å². The molecular formula is C14H12BrNO2S. The molecule has 98 valence electrons. The lowest BCUT2D eigenvalue weighted by molar-refractivity contribution is 0.101. The predicted molar refractivity (Wildman–Crippen MR) is 81.2 cm³/mol. The number of thiophene rings is 1. The summed E-state index contributed by atoms with van der Waals surface area (Å²) < 4.78 is 0.954. The molecule has 3 nitrogen and oxygen atoms in total. The molecule has 0 saturated carbocycles. The Morgan fingerprint density at radius 1 is 1.26 bits per heavy atom. The zero-order valence-corrected chi connectivity index (χ0v) is 12.9. The number of halogens is 1. The third-order valence-electron chi connectivity index (χ3n) is 2.61. The summed E-state index contributed by atoms with van der Waals surface area (Å²) >= 11 is 4.78. The van der Waals surface area contributed by atoms with Crippen LogP contribution in [0.5, 0.6) is 0 Å². The summed E-state index contributed by atoms with van der Waals surface area (Å²) in [5, 5.41) is 2.79. The van der Waals surface area contributed by atoms with E-state index < -0.39 is 0 Å². The lowest BCUT2D eigenvalue weighted by Crippen LogP contribution is -2.10. The third kappa shape index (κ3) is 3.30. The first-order valence-electron chi connectivity index (χ1n) is 5.65. The molecule has 0 spiro atoms. The van der Waals surface area contributed by atoms with Crippen molar-refractivity contribution in [2.45, 2.75) is 13.8 Å². The summed E-state index contributed by atoms with van der Waals surface area (Å²) in [6.07, 6.45) is 0. The van der Waals surface area contributed by atoms with Crippen molar-refractivity contribution in [1.29, 1.82) is 0 Å². The maximum Gasteiger partial charge on any atom is 0.265 e. The quantitative estimate of drug-likeness (QED) is 0.850. The molecule has 2 rings (SSSR count). The molecule has 0 radical (unpaired) electrons. The number of carbonyl (C=O) groups is 2. The predicted octanol–water partition coefficient (Wildman–Crippen LogP) is 4.27. The van der Waals surface area contributed by atoms with Gasteiger partial charge < -0.3 is 5.32 Å². The number of nitrogens with one attached hydrogen (secondary N) is 1. The van der Waals surface area contributed by atoms with Gasteiger partial charge in [-0.05, 0) is 53.5 Å². The second kappa shape index (κ2) is 5.67. The summed E-state index contributed by atoms with van der Waals surface area (Å²) in [5.41, 5.74) is 2.24. The number of carbonyl (C=O) groups excluding carboxylic acids is 2. The fourth-order valence-corrected chi connectivity index (χ4v) is 3.01.